The zero-order valence-corrected chi connectivity index (χ0v) is 11.6. The van der Waals surface area contributed by atoms with Crippen molar-refractivity contribution in [1.29, 1.82) is 0 Å². The number of methoxy groups -OCH3 is 2. The molecule has 0 saturated heterocycles. The number of ether oxygens (including phenoxy) is 2. The Morgan fingerprint density at radius 1 is 1.32 bits per heavy atom. The summed E-state index contributed by atoms with van der Waals surface area (Å²) < 4.78 is 10.3. The first kappa shape index (κ1) is 15.3. The van der Waals surface area contributed by atoms with Gasteiger partial charge in [-0.15, -0.1) is 0 Å². The van der Waals surface area contributed by atoms with E-state index in [4.69, 9.17) is 9.47 Å². The van der Waals surface area contributed by atoms with E-state index in [1.54, 1.807) is 25.3 Å². The maximum absolute atomic E-state index is 11.3. The molecule has 2 N–H and O–H groups in total. The van der Waals surface area contributed by atoms with Crippen molar-refractivity contribution in [3.05, 3.63) is 23.8 Å². The van der Waals surface area contributed by atoms with Crippen LogP contribution in [0, 0.1) is 0 Å². The van der Waals surface area contributed by atoms with Gasteiger partial charge in [0.2, 0.25) is 5.91 Å². The molecule has 1 unspecified atom stereocenters. The molecule has 0 aromatic heterocycles. The second-order valence-electron chi connectivity index (χ2n) is 4.18. The molecule has 0 radical (unpaired) electrons. The van der Waals surface area contributed by atoms with Crippen molar-refractivity contribution in [2.45, 2.75) is 25.9 Å². The van der Waals surface area contributed by atoms with Crippen LogP contribution in [0.1, 0.15) is 31.4 Å². The number of carbonyl (C=O) groups is 1. The summed E-state index contributed by atoms with van der Waals surface area (Å²) in [4.78, 5) is 11.3. The Labute approximate surface area is 113 Å². The first-order chi connectivity index (χ1) is 9.12. The quantitative estimate of drug-likeness (QED) is 0.788. The number of benzene rings is 1. The van der Waals surface area contributed by atoms with Crippen molar-refractivity contribution >= 4 is 5.91 Å². The summed E-state index contributed by atoms with van der Waals surface area (Å²) in [6, 6.07) is 5.18. The van der Waals surface area contributed by atoms with Gasteiger partial charge in [0.15, 0.2) is 11.5 Å². The molecule has 1 atom stereocenters. The number of nitrogens with one attached hydrogen (secondary N) is 1. The molecule has 1 rings (SSSR count). The number of carbonyl (C=O) groups excluding carboxylic acids is 1. The van der Waals surface area contributed by atoms with E-state index in [2.05, 4.69) is 5.32 Å². The van der Waals surface area contributed by atoms with Crippen LogP contribution in [0.15, 0.2) is 18.2 Å². The van der Waals surface area contributed by atoms with Gasteiger partial charge in [0.05, 0.1) is 20.3 Å². The minimum atomic E-state index is -0.763. The van der Waals surface area contributed by atoms with Gasteiger partial charge >= 0.3 is 0 Å². The van der Waals surface area contributed by atoms with Gasteiger partial charge in [-0.3, -0.25) is 4.79 Å². The van der Waals surface area contributed by atoms with Crippen LogP contribution >= 0.6 is 0 Å². The molecule has 5 nitrogen and oxygen atoms in total. The number of amides is 1. The average molecular weight is 267 g/mol. The van der Waals surface area contributed by atoms with Crippen LogP contribution in [0.25, 0.3) is 0 Å². The highest BCUT2D eigenvalue weighted by atomic mass is 16.5. The summed E-state index contributed by atoms with van der Waals surface area (Å²) >= 11 is 0. The van der Waals surface area contributed by atoms with E-state index in [1.165, 1.54) is 7.11 Å². The Morgan fingerprint density at radius 2 is 2.00 bits per heavy atom. The lowest BCUT2D eigenvalue weighted by Gasteiger charge is -2.14. The number of hydrogen-bond acceptors (Lipinski definition) is 4. The van der Waals surface area contributed by atoms with Crippen LogP contribution in [-0.4, -0.2) is 31.8 Å². The van der Waals surface area contributed by atoms with Crippen molar-refractivity contribution < 1.29 is 19.4 Å². The summed E-state index contributed by atoms with van der Waals surface area (Å²) in [5.41, 5.74) is 0.675. The van der Waals surface area contributed by atoms with E-state index in [-0.39, 0.29) is 12.5 Å². The van der Waals surface area contributed by atoms with Crippen LogP contribution in [0.3, 0.4) is 0 Å². The van der Waals surface area contributed by atoms with Gasteiger partial charge < -0.3 is 19.9 Å². The smallest absolute Gasteiger partial charge is 0.220 e. The molecule has 0 aliphatic heterocycles. The third-order valence-corrected chi connectivity index (χ3v) is 2.76. The van der Waals surface area contributed by atoms with E-state index < -0.39 is 6.10 Å². The minimum Gasteiger partial charge on any atom is -0.493 e. The minimum absolute atomic E-state index is 0.0537. The number of aliphatic hydroxyl groups is 1. The normalized spacial score (nSPS) is 11.8. The highest BCUT2D eigenvalue weighted by Gasteiger charge is 2.12. The van der Waals surface area contributed by atoms with Crippen LogP contribution < -0.4 is 14.8 Å². The maximum Gasteiger partial charge on any atom is 0.220 e. The van der Waals surface area contributed by atoms with Crippen LogP contribution in [-0.2, 0) is 4.79 Å². The molecule has 0 fully saturated rings. The number of hydrogen-bond donors (Lipinski definition) is 2. The largest absolute Gasteiger partial charge is 0.493 e. The van der Waals surface area contributed by atoms with E-state index in [0.29, 0.717) is 23.5 Å². The molecule has 0 heterocycles. The van der Waals surface area contributed by atoms with E-state index in [1.807, 2.05) is 6.92 Å². The van der Waals surface area contributed by atoms with Crippen LogP contribution in [0.5, 0.6) is 11.5 Å². The zero-order valence-electron chi connectivity index (χ0n) is 11.6. The molecule has 0 saturated carbocycles. The highest BCUT2D eigenvalue weighted by Crippen LogP contribution is 2.29. The zero-order chi connectivity index (χ0) is 14.3. The van der Waals surface area contributed by atoms with Crippen LogP contribution in [0.2, 0.25) is 0 Å². The van der Waals surface area contributed by atoms with Gasteiger partial charge in [0, 0.05) is 13.0 Å². The van der Waals surface area contributed by atoms with Crippen molar-refractivity contribution in [1.82, 2.24) is 5.32 Å². The summed E-state index contributed by atoms with van der Waals surface area (Å²) in [5.74, 6) is 1.11. The molecule has 106 valence electrons. The van der Waals surface area contributed by atoms with Gasteiger partial charge in [-0.25, -0.2) is 0 Å². The second-order valence-corrected chi connectivity index (χ2v) is 4.18. The van der Waals surface area contributed by atoms with E-state index >= 15 is 0 Å². The molecule has 5 heteroatoms. The standard InChI is InChI=1S/C14H21NO4/c1-4-5-14(17)15-9-11(16)10-6-7-12(18-2)13(8-10)19-3/h6-8,11,16H,4-5,9H2,1-3H3,(H,15,17). The molecule has 0 bridgehead atoms. The van der Waals surface area contributed by atoms with E-state index in [9.17, 15) is 9.90 Å². The summed E-state index contributed by atoms with van der Waals surface area (Å²) in [6.45, 7) is 2.12. The number of rotatable bonds is 7. The Bertz CT molecular complexity index is 420. The molecule has 19 heavy (non-hydrogen) atoms. The van der Waals surface area contributed by atoms with Crippen molar-refractivity contribution in [2.24, 2.45) is 0 Å². The molecular formula is C14H21NO4. The van der Waals surface area contributed by atoms with Crippen molar-refractivity contribution in [3.8, 4) is 11.5 Å². The fourth-order valence-electron chi connectivity index (χ4n) is 1.70. The van der Waals surface area contributed by atoms with Gasteiger partial charge in [0.1, 0.15) is 0 Å². The molecule has 0 aliphatic rings. The molecule has 0 aliphatic carbocycles. The fraction of sp³-hybridized carbons (Fsp3) is 0.500. The summed E-state index contributed by atoms with van der Waals surface area (Å²) in [6.07, 6.45) is 0.498. The molecule has 1 aromatic rings. The second kappa shape index (κ2) is 7.63. The lowest BCUT2D eigenvalue weighted by molar-refractivity contribution is -0.121. The van der Waals surface area contributed by atoms with E-state index in [0.717, 1.165) is 6.42 Å². The van der Waals surface area contributed by atoms with Gasteiger partial charge in [0.25, 0.3) is 0 Å². The Kier molecular flexibility index (Phi) is 6.15. The fourth-order valence-corrected chi connectivity index (χ4v) is 1.70. The summed E-state index contributed by atoms with van der Waals surface area (Å²) in [5, 5.41) is 12.7. The highest BCUT2D eigenvalue weighted by molar-refractivity contribution is 5.75. The summed E-state index contributed by atoms with van der Waals surface area (Å²) in [7, 11) is 3.09. The predicted octanol–water partition coefficient (Wildman–Crippen LogP) is 1.65. The Morgan fingerprint density at radius 3 is 2.58 bits per heavy atom. The lowest BCUT2D eigenvalue weighted by Crippen LogP contribution is -2.27. The van der Waals surface area contributed by atoms with Crippen LogP contribution in [0.4, 0.5) is 0 Å². The third-order valence-electron chi connectivity index (χ3n) is 2.76. The number of aliphatic hydroxyl groups excluding tert-OH is 1. The maximum atomic E-state index is 11.3. The lowest BCUT2D eigenvalue weighted by atomic mass is 10.1. The van der Waals surface area contributed by atoms with Crippen molar-refractivity contribution in [2.75, 3.05) is 20.8 Å². The van der Waals surface area contributed by atoms with Gasteiger partial charge in [-0.1, -0.05) is 13.0 Å². The molecule has 1 amide bonds. The molecule has 0 spiro atoms. The third kappa shape index (κ3) is 4.44. The first-order valence-corrected chi connectivity index (χ1v) is 6.29. The SMILES string of the molecule is CCCC(=O)NCC(O)c1ccc(OC)c(OC)c1. The monoisotopic (exact) mass is 267 g/mol. The molecular weight excluding hydrogens is 246 g/mol. The van der Waals surface area contributed by atoms with Gasteiger partial charge in [-0.05, 0) is 24.1 Å². The average Bonchev–Trinajstić information content (AvgIpc) is 2.44. The van der Waals surface area contributed by atoms with Crippen molar-refractivity contribution in [3.63, 3.8) is 0 Å². The topological polar surface area (TPSA) is 67.8 Å². The first-order valence-electron chi connectivity index (χ1n) is 6.29. The predicted molar refractivity (Wildman–Crippen MR) is 72.4 cm³/mol. The Balaban J connectivity index is 2.66. The van der Waals surface area contributed by atoms with Gasteiger partial charge in [-0.2, -0.15) is 0 Å². The Hall–Kier alpha value is -1.75. The molecule has 1 aromatic carbocycles.